The highest BCUT2D eigenvalue weighted by Crippen LogP contribution is 2.40. The van der Waals surface area contributed by atoms with Gasteiger partial charge in [0.15, 0.2) is 0 Å². The molecular formula is C17H19F3N4OS. The second kappa shape index (κ2) is 7.02. The van der Waals surface area contributed by atoms with E-state index in [4.69, 9.17) is 4.74 Å². The van der Waals surface area contributed by atoms with Crippen LogP contribution in [0.15, 0.2) is 18.3 Å². The van der Waals surface area contributed by atoms with Gasteiger partial charge in [0.1, 0.15) is 17.3 Å². The van der Waals surface area contributed by atoms with Gasteiger partial charge in [-0.2, -0.15) is 17.5 Å². The van der Waals surface area contributed by atoms with E-state index in [1.807, 2.05) is 0 Å². The Labute approximate surface area is 153 Å². The van der Waals surface area contributed by atoms with Crippen molar-refractivity contribution in [3.05, 3.63) is 29.8 Å². The van der Waals surface area contributed by atoms with Crippen LogP contribution < -0.4 is 9.64 Å². The molecule has 0 bridgehead atoms. The Balaban J connectivity index is 1.35. The zero-order valence-electron chi connectivity index (χ0n) is 14.1. The van der Waals surface area contributed by atoms with E-state index < -0.39 is 11.9 Å². The lowest BCUT2D eigenvalue weighted by molar-refractivity contribution is -0.141. The zero-order valence-corrected chi connectivity index (χ0v) is 14.9. The van der Waals surface area contributed by atoms with E-state index in [2.05, 4.69) is 19.2 Å². The third-order valence-corrected chi connectivity index (χ3v) is 5.46. The number of piperidine rings is 1. The van der Waals surface area contributed by atoms with Crippen molar-refractivity contribution in [3.8, 4) is 5.75 Å². The van der Waals surface area contributed by atoms with Crippen LogP contribution in [0.2, 0.25) is 0 Å². The predicted molar refractivity (Wildman–Crippen MR) is 91.6 cm³/mol. The van der Waals surface area contributed by atoms with Gasteiger partial charge in [-0.25, -0.2) is 4.98 Å². The van der Waals surface area contributed by atoms with Gasteiger partial charge in [0.05, 0.1) is 6.61 Å². The Morgan fingerprint density at radius 2 is 2.12 bits per heavy atom. The van der Waals surface area contributed by atoms with Crippen molar-refractivity contribution >= 4 is 16.7 Å². The van der Waals surface area contributed by atoms with E-state index in [-0.39, 0.29) is 11.7 Å². The second-order valence-corrected chi connectivity index (χ2v) is 7.58. The fraction of sp³-hybridized carbons (Fsp3) is 0.588. The number of ether oxygens (including phenoxy) is 1. The second-order valence-electron chi connectivity index (χ2n) is 6.85. The van der Waals surface area contributed by atoms with Crippen LogP contribution in [0.4, 0.5) is 18.3 Å². The summed E-state index contributed by atoms with van der Waals surface area (Å²) in [6, 6.07) is 2.41. The van der Waals surface area contributed by atoms with Crippen molar-refractivity contribution in [2.24, 2.45) is 5.92 Å². The molecule has 4 rings (SSSR count). The third kappa shape index (κ3) is 4.08. The van der Waals surface area contributed by atoms with Crippen molar-refractivity contribution in [1.29, 1.82) is 0 Å². The fourth-order valence-electron chi connectivity index (χ4n) is 3.11. The maximum Gasteiger partial charge on any atom is 0.433 e. The van der Waals surface area contributed by atoms with Gasteiger partial charge in [-0.3, -0.25) is 4.98 Å². The van der Waals surface area contributed by atoms with Crippen LogP contribution in [0.5, 0.6) is 5.75 Å². The number of alkyl halides is 3. The molecule has 1 saturated heterocycles. The molecule has 1 saturated carbocycles. The summed E-state index contributed by atoms with van der Waals surface area (Å²) >= 11 is 1.44. The molecule has 2 aromatic rings. The molecule has 0 amide bonds. The first-order valence-electron chi connectivity index (χ1n) is 8.73. The third-order valence-electron chi connectivity index (χ3n) is 4.67. The Bertz CT molecular complexity index is 762. The molecule has 0 N–H and O–H groups in total. The lowest BCUT2D eigenvalue weighted by Crippen LogP contribution is -2.37. The van der Waals surface area contributed by atoms with Crippen molar-refractivity contribution in [2.45, 2.75) is 37.8 Å². The molecule has 1 atom stereocenters. The first-order valence-corrected chi connectivity index (χ1v) is 9.51. The van der Waals surface area contributed by atoms with Crippen molar-refractivity contribution < 1.29 is 17.9 Å². The fourth-order valence-corrected chi connectivity index (χ4v) is 3.89. The summed E-state index contributed by atoms with van der Waals surface area (Å²) in [5, 5.41) is 0.944. The molecule has 140 valence electrons. The van der Waals surface area contributed by atoms with Gasteiger partial charge in [-0.15, -0.1) is 0 Å². The molecule has 0 spiro atoms. The van der Waals surface area contributed by atoms with Gasteiger partial charge < -0.3 is 9.64 Å². The first kappa shape index (κ1) is 17.5. The van der Waals surface area contributed by atoms with E-state index in [0.29, 0.717) is 12.5 Å². The maximum atomic E-state index is 12.7. The van der Waals surface area contributed by atoms with Gasteiger partial charge in [0, 0.05) is 48.7 Å². The minimum atomic E-state index is -4.46. The van der Waals surface area contributed by atoms with Crippen LogP contribution >= 0.6 is 11.5 Å². The summed E-state index contributed by atoms with van der Waals surface area (Å²) in [6.07, 6.45) is 1.03. The Morgan fingerprint density at radius 3 is 2.88 bits per heavy atom. The summed E-state index contributed by atoms with van der Waals surface area (Å²) in [5.74, 6) is 1.95. The molecular weight excluding hydrogens is 365 g/mol. The van der Waals surface area contributed by atoms with Crippen molar-refractivity contribution in [2.75, 3.05) is 24.6 Å². The van der Waals surface area contributed by atoms with E-state index in [1.54, 1.807) is 0 Å². The maximum absolute atomic E-state index is 12.7. The normalized spacial score (nSPS) is 21.0. The smallest absolute Gasteiger partial charge is 0.433 e. The standard InChI is InChI=1S/C17H19F3N4OS/c18-17(19,20)14-8-13(5-6-21-14)25-10-11-2-1-7-24(9-11)16-22-15(23-26-16)12-3-4-12/h5-6,8,11-12H,1-4,7,9-10H2. The van der Waals surface area contributed by atoms with E-state index in [9.17, 15) is 13.2 Å². The van der Waals surface area contributed by atoms with Gasteiger partial charge >= 0.3 is 6.18 Å². The molecule has 1 aliphatic heterocycles. The largest absolute Gasteiger partial charge is 0.493 e. The van der Waals surface area contributed by atoms with Crippen molar-refractivity contribution in [3.63, 3.8) is 0 Å². The number of aromatic nitrogens is 3. The molecule has 2 aromatic heterocycles. The molecule has 0 aromatic carbocycles. The molecule has 26 heavy (non-hydrogen) atoms. The number of rotatable bonds is 5. The van der Waals surface area contributed by atoms with Gasteiger partial charge in [0.2, 0.25) is 5.13 Å². The zero-order chi connectivity index (χ0) is 18.1. The topological polar surface area (TPSA) is 51.1 Å². The summed E-state index contributed by atoms with van der Waals surface area (Å²) in [5.41, 5.74) is -0.929. The lowest BCUT2D eigenvalue weighted by Gasteiger charge is -2.32. The number of nitrogens with zero attached hydrogens (tertiary/aromatic N) is 4. The van der Waals surface area contributed by atoms with Crippen LogP contribution in [-0.4, -0.2) is 34.0 Å². The number of halogens is 3. The van der Waals surface area contributed by atoms with E-state index >= 15 is 0 Å². The molecule has 0 radical (unpaired) electrons. The number of anilines is 1. The minimum absolute atomic E-state index is 0.205. The molecule has 2 fully saturated rings. The van der Waals surface area contributed by atoms with Crippen molar-refractivity contribution in [1.82, 2.24) is 14.3 Å². The van der Waals surface area contributed by atoms with Gasteiger partial charge in [-0.1, -0.05) is 0 Å². The van der Waals surface area contributed by atoms with Crippen LogP contribution in [0, 0.1) is 5.92 Å². The molecule has 1 unspecified atom stereocenters. The number of hydrogen-bond acceptors (Lipinski definition) is 6. The first-order chi connectivity index (χ1) is 12.5. The summed E-state index contributed by atoms with van der Waals surface area (Å²) in [6.45, 7) is 2.10. The molecule has 9 heteroatoms. The minimum Gasteiger partial charge on any atom is -0.493 e. The van der Waals surface area contributed by atoms with Crippen LogP contribution in [0.25, 0.3) is 0 Å². The Morgan fingerprint density at radius 1 is 1.27 bits per heavy atom. The molecule has 3 heterocycles. The van der Waals surface area contributed by atoms with E-state index in [1.165, 1.54) is 30.4 Å². The molecule has 1 aliphatic carbocycles. The summed E-state index contributed by atoms with van der Waals surface area (Å²) < 4.78 is 48.3. The summed E-state index contributed by atoms with van der Waals surface area (Å²) in [7, 11) is 0. The predicted octanol–water partition coefficient (Wildman–Crippen LogP) is 4.12. The lowest BCUT2D eigenvalue weighted by atomic mass is 9.99. The molecule has 5 nitrogen and oxygen atoms in total. The number of pyridine rings is 1. The Kier molecular flexibility index (Phi) is 4.73. The molecule has 2 aliphatic rings. The average molecular weight is 384 g/mol. The Hall–Kier alpha value is -1.90. The highest BCUT2D eigenvalue weighted by Gasteiger charge is 2.33. The number of hydrogen-bond donors (Lipinski definition) is 0. The highest BCUT2D eigenvalue weighted by atomic mass is 32.1. The van der Waals surface area contributed by atoms with Crippen LogP contribution in [-0.2, 0) is 6.18 Å². The van der Waals surface area contributed by atoms with Gasteiger partial charge in [0.25, 0.3) is 0 Å². The SMILES string of the molecule is FC(F)(F)c1cc(OCC2CCCN(c3nc(C4CC4)ns3)C2)ccn1. The average Bonchev–Trinajstić information content (AvgIpc) is 3.37. The quantitative estimate of drug-likeness (QED) is 0.776. The van der Waals surface area contributed by atoms with Gasteiger partial charge in [-0.05, 0) is 31.7 Å². The van der Waals surface area contributed by atoms with E-state index in [0.717, 1.165) is 49.2 Å². The highest BCUT2D eigenvalue weighted by molar-refractivity contribution is 7.09. The monoisotopic (exact) mass is 384 g/mol. The van der Waals surface area contributed by atoms with Crippen LogP contribution in [0.1, 0.15) is 43.1 Å². The summed E-state index contributed by atoms with van der Waals surface area (Å²) in [4.78, 5) is 10.2. The van der Waals surface area contributed by atoms with Crippen LogP contribution in [0.3, 0.4) is 0 Å².